The van der Waals surface area contributed by atoms with Gasteiger partial charge in [0, 0.05) is 19.1 Å². The van der Waals surface area contributed by atoms with Crippen LogP contribution in [0.5, 0.6) is 5.75 Å². The van der Waals surface area contributed by atoms with Crippen LogP contribution in [0, 0.1) is 5.41 Å². The lowest BCUT2D eigenvalue weighted by Crippen LogP contribution is -2.47. The summed E-state index contributed by atoms with van der Waals surface area (Å²) in [6.07, 6.45) is 2.43. The second kappa shape index (κ2) is 8.76. The number of carbonyl (C=O) groups is 1. The Kier molecular flexibility index (Phi) is 6.68. The third-order valence-corrected chi connectivity index (χ3v) is 4.12. The van der Waals surface area contributed by atoms with Gasteiger partial charge < -0.3 is 20.1 Å². The van der Waals surface area contributed by atoms with E-state index in [1.165, 1.54) is 0 Å². The Morgan fingerprint density at radius 3 is 2.68 bits per heavy atom. The van der Waals surface area contributed by atoms with Gasteiger partial charge in [0.1, 0.15) is 5.75 Å². The van der Waals surface area contributed by atoms with Crippen molar-refractivity contribution in [1.29, 1.82) is 0 Å². The minimum Gasteiger partial charge on any atom is -0.493 e. The van der Waals surface area contributed by atoms with Crippen molar-refractivity contribution in [2.24, 2.45) is 5.41 Å². The van der Waals surface area contributed by atoms with Crippen molar-refractivity contribution < 1.29 is 14.3 Å². The zero-order valence-corrected chi connectivity index (χ0v) is 13.3. The molecule has 2 rings (SSSR count). The highest BCUT2D eigenvalue weighted by Crippen LogP contribution is 2.28. The number of piperidine rings is 1. The lowest BCUT2D eigenvalue weighted by Gasteiger charge is -2.37. The number of carbonyl (C=O) groups excluding carboxylic acids is 1. The number of methoxy groups -OCH3 is 1. The van der Waals surface area contributed by atoms with E-state index < -0.39 is 0 Å². The Morgan fingerprint density at radius 1 is 1.27 bits per heavy atom. The molecule has 0 saturated carbocycles. The Morgan fingerprint density at radius 2 is 2.00 bits per heavy atom. The smallest absolute Gasteiger partial charge is 0.223 e. The first-order valence-corrected chi connectivity index (χ1v) is 7.88. The maximum Gasteiger partial charge on any atom is 0.223 e. The van der Waals surface area contributed by atoms with Gasteiger partial charge in [-0.2, -0.15) is 0 Å². The fraction of sp³-hybridized carbons (Fsp3) is 0.588. The molecule has 1 fully saturated rings. The van der Waals surface area contributed by atoms with E-state index in [4.69, 9.17) is 9.47 Å². The molecular weight excluding hydrogens is 280 g/mol. The monoisotopic (exact) mass is 306 g/mol. The molecule has 1 heterocycles. The summed E-state index contributed by atoms with van der Waals surface area (Å²) in [6.45, 7) is 3.73. The molecule has 0 bridgehead atoms. The van der Waals surface area contributed by atoms with Crippen molar-refractivity contribution in [2.75, 3.05) is 40.0 Å². The highest BCUT2D eigenvalue weighted by molar-refractivity contribution is 5.76. The van der Waals surface area contributed by atoms with Crippen LogP contribution in [0.15, 0.2) is 30.3 Å². The predicted octanol–water partition coefficient (Wildman–Crippen LogP) is 1.59. The van der Waals surface area contributed by atoms with Gasteiger partial charge in [0.2, 0.25) is 5.91 Å². The van der Waals surface area contributed by atoms with Gasteiger partial charge in [-0.1, -0.05) is 18.2 Å². The van der Waals surface area contributed by atoms with Crippen molar-refractivity contribution in [3.8, 4) is 5.75 Å². The van der Waals surface area contributed by atoms with Crippen LogP contribution in [-0.2, 0) is 9.53 Å². The largest absolute Gasteiger partial charge is 0.493 e. The van der Waals surface area contributed by atoms with Crippen molar-refractivity contribution in [2.45, 2.75) is 19.3 Å². The van der Waals surface area contributed by atoms with E-state index in [0.29, 0.717) is 26.2 Å². The van der Waals surface area contributed by atoms with Gasteiger partial charge in [0.15, 0.2) is 0 Å². The standard InChI is InChI=1S/C17H26N2O3/c1-21-14-17(8-10-18-11-9-17)13-19-16(20)7-12-22-15-5-3-2-4-6-15/h2-6,18H,7-14H2,1H3,(H,19,20). The summed E-state index contributed by atoms with van der Waals surface area (Å²) in [5, 5.41) is 6.39. The molecule has 0 atom stereocenters. The van der Waals surface area contributed by atoms with E-state index in [1.54, 1.807) is 7.11 Å². The van der Waals surface area contributed by atoms with Gasteiger partial charge in [-0.25, -0.2) is 0 Å². The zero-order chi connectivity index (χ0) is 15.7. The molecule has 1 aliphatic heterocycles. The molecule has 0 unspecified atom stereocenters. The summed E-state index contributed by atoms with van der Waals surface area (Å²) in [5.74, 6) is 0.828. The van der Waals surface area contributed by atoms with E-state index in [9.17, 15) is 4.79 Å². The Hall–Kier alpha value is -1.59. The minimum absolute atomic E-state index is 0.0324. The van der Waals surface area contributed by atoms with Gasteiger partial charge in [0.05, 0.1) is 19.6 Å². The quantitative estimate of drug-likeness (QED) is 0.766. The molecule has 122 valence electrons. The highest BCUT2D eigenvalue weighted by atomic mass is 16.5. The molecule has 1 aromatic carbocycles. The van der Waals surface area contributed by atoms with Gasteiger partial charge in [0.25, 0.3) is 0 Å². The molecular formula is C17H26N2O3. The average Bonchev–Trinajstić information content (AvgIpc) is 2.55. The number of hydrogen-bond donors (Lipinski definition) is 2. The summed E-state index contributed by atoms with van der Waals surface area (Å²) in [6, 6.07) is 9.55. The van der Waals surface area contributed by atoms with E-state index >= 15 is 0 Å². The minimum atomic E-state index is 0.0324. The second-order valence-electron chi connectivity index (χ2n) is 5.87. The number of nitrogens with one attached hydrogen (secondary N) is 2. The van der Waals surface area contributed by atoms with Crippen LogP contribution in [0.2, 0.25) is 0 Å². The average molecular weight is 306 g/mol. The van der Waals surface area contributed by atoms with Crippen molar-refractivity contribution >= 4 is 5.91 Å². The summed E-state index contributed by atoms with van der Waals surface area (Å²) < 4.78 is 10.9. The lowest BCUT2D eigenvalue weighted by molar-refractivity contribution is -0.122. The SMILES string of the molecule is COCC1(CNC(=O)CCOc2ccccc2)CCNCC1. The van der Waals surface area contributed by atoms with Crippen LogP contribution in [0.25, 0.3) is 0 Å². The molecule has 22 heavy (non-hydrogen) atoms. The fourth-order valence-electron chi connectivity index (χ4n) is 2.79. The molecule has 0 aliphatic carbocycles. The molecule has 1 saturated heterocycles. The third kappa shape index (κ3) is 5.31. The van der Waals surface area contributed by atoms with E-state index in [2.05, 4.69) is 10.6 Å². The maximum atomic E-state index is 12.0. The molecule has 0 aromatic heterocycles. The number of benzene rings is 1. The summed E-state index contributed by atoms with van der Waals surface area (Å²) in [4.78, 5) is 12.0. The maximum absolute atomic E-state index is 12.0. The molecule has 0 spiro atoms. The molecule has 5 heteroatoms. The number of amides is 1. The Bertz CT molecular complexity index is 439. The number of ether oxygens (including phenoxy) is 2. The van der Waals surface area contributed by atoms with Crippen LogP contribution in [0.4, 0.5) is 0 Å². The first kappa shape index (κ1) is 16.8. The Balaban J connectivity index is 1.69. The number of rotatable bonds is 8. The number of para-hydroxylation sites is 1. The topological polar surface area (TPSA) is 59.6 Å². The van der Waals surface area contributed by atoms with Crippen LogP contribution in [-0.4, -0.2) is 45.9 Å². The van der Waals surface area contributed by atoms with E-state index in [0.717, 1.165) is 31.7 Å². The summed E-state index contributed by atoms with van der Waals surface area (Å²) in [7, 11) is 1.72. The predicted molar refractivity (Wildman–Crippen MR) is 86.0 cm³/mol. The molecule has 1 amide bonds. The van der Waals surface area contributed by atoms with Gasteiger partial charge in [-0.15, -0.1) is 0 Å². The van der Waals surface area contributed by atoms with Crippen LogP contribution >= 0.6 is 0 Å². The van der Waals surface area contributed by atoms with E-state index in [-0.39, 0.29) is 11.3 Å². The van der Waals surface area contributed by atoms with Crippen LogP contribution < -0.4 is 15.4 Å². The molecule has 1 aromatic rings. The van der Waals surface area contributed by atoms with Crippen molar-refractivity contribution in [1.82, 2.24) is 10.6 Å². The van der Waals surface area contributed by atoms with E-state index in [1.807, 2.05) is 30.3 Å². The first-order valence-electron chi connectivity index (χ1n) is 7.88. The summed E-state index contributed by atoms with van der Waals surface area (Å²) >= 11 is 0. The highest BCUT2D eigenvalue weighted by Gasteiger charge is 2.32. The Labute approximate surface area is 132 Å². The molecule has 0 radical (unpaired) electrons. The van der Waals surface area contributed by atoms with Gasteiger partial charge in [-0.3, -0.25) is 4.79 Å². The van der Waals surface area contributed by atoms with Crippen molar-refractivity contribution in [3.63, 3.8) is 0 Å². The van der Waals surface area contributed by atoms with Crippen molar-refractivity contribution in [3.05, 3.63) is 30.3 Å². The normalized spacial score (nSPS) is 17.0. The second-order valence-corrected chi connectivity index (χ2v) is 5.87. The van der Waals surface area contributed by atoms with Crippen LogP contribution in [0.3, 0.4) is 0 Å². The lowest BCUT2D eigenvalue weighted by atomic mass is 9.79. The van der Waals surface area contributed by atoms with Crippen LogP contribution in [0.1, 0.15) is 19.3 Å². The summed E-state index contributed by atoms with van der Waals surface area (Å²) in [5.41, 5.74) is 0.0654. The molecule has 2 N–H and O–H groups in total. The van der Waals surface area contributed by atoms with Gasteiger partial charge >= 0.3 is 0 Å². The zero-order valence-electron chi connectivity index (χ0n) is 13.3. The molecule has 5 nitrogen and oxygen atoms in total. The molecule has 1 aliphatic rings. The van der Waals surface area contributed by atoms with Gasteiger partial charge in [-0.05, 0) is 38.1 Å². The fourth-order valence-corrected chi connectivity index (χ4v) is 2.79. The third-order valence-electron chi connectivity index (χ3n) is 4.12. The number of hydrogen-bond acceptors (Lipinski definition) is 4. The first-order chi connectivity index (χ1) is 10.7.